The Kier molecular flexibility index (Phi) is 14.2. The van der Waals surface area contributed by atoms with Gasteiger partial charge in [-0.05, 0) is 0 Å². The zero-order valence-corrected chi connectivity index (χ0v) is 19.4. The third-order valence-electron chi connectivity index (χ3n) is 4.91. The summed E-state index contributed by atoms with van der Waals surface area (Å²) in [6.45, 7) is 15.3. The van der Waals surface area contributed by atoms with E-state index in [0.717, 1.165) is 6.54 Å². The summed E-state index contributed by atoms with van der Waals surface area (Å²) in [4.78, 5) is 5.25. The molecule has 0 aromatic heterocycles. The van der Waals surface area contributed by atoms with Crippen molar-refractivity contribution < 1.29 is 0 Å². The number of unbranched alkanes of at least 4 members (excludes halogenated alkanes) is 4. The predicted molar refractivity (Wildman–Crippen MR) is 107 cm³/mol. The molecule has 0 spiro atoms. The number of nitrogens with zero attached hydrogens (tertiary/aromatic N) is 1. The van der Waals surface area contributed by atoms with Crippen LogP contribution < -0.4 is 0 Å². The van der Waals surface area contributed by atoms with Crippen LogP contribution in [0.4, 0.5) is 0 Å². The molecule has 0 aromatic rings. The second-order valence-electron chi connectivity index (χ2n) is 7.37. The average Bonchev–Trinajstić information content (AvgIpc) is 2.51. The maximum absolute atomic E-state index is 5.25. The molecular weight excluding hydrogens is 373 g/mol. The van der Waals surface area contributed by atoms with Crippen molar-refractivity contribution in [2.45, 2.75) is 106 Å². The molecule has 0 radical (unpaired) electrons. The summed E-state index contributed by atoms with van der Waals surface area (Å²) in [6.07, 6.45) is 11.0. The summed E-state index contributed by atoms with van der Waals surface area (Å²) in [7, 11) is 0. The Labute approximate surface area is 145 Å². The van der Waals surface area contributed by atoms with Crippen molar-refractivity contribution in [2.75, 3.05) is 6.54 Å². The Morgan fingerprint density at radius 1 is 0.727 bits per heavy atom. The van der Waals surface area contributed by atoms with E-state index in [9.17, 15) is 0 Å². The summed E-state index contributed by atoms with van der Waals surface area (Å²) in [6, 6.07) is 0. The van der Waals surface area contributed by atoms with E-state index < -0.39 is 18.4 Å². The molecule has 132 valence electrons. The molecule has 1 nitrogen and oxygen atoms in total. The maximum atomic E-state index is 5.25. The van der Waals surface area contributed by atoms with Gasteiger partial charge in [-0.15, -0.1) is 0 Å². The van der Waals surface area contributed by atoms with Crippen molar-refractivity contribution >= 4 is 22.1 Å². The Bertz CT molecular complexity index is 262. The fourth-order valence-corrected chi connectivity index (χ4v) is 21.6. The molecule has 0 aliphatic carbocycles. The molecular formula is C20H43NSn. The van der Waals surface area contributed by atoms with Gasteiger partial charge in [0.05, 0.1) is 0 Å². The van der Waals surface area contributed by atoms with Gasteiger partial charge in [-0.1, -0.05) is 0 Å². The Morgan fingerprint density at radius 2 is 1.14 bits per heavy atom. The van der Waals surface area contributed by atoms with Gasteiger partial charge in [0.25, 0.3) is 0 Å². The molecule has 0 fully saturated rings. The van der Waals surface area contributed by atoms with Crippen molar-refractivity contribution in [3.8, 4) is 0 Å². The number of hydrogen-bond acceptors (Lipinski definition) is 1. The van der Waals surface area contributed by atoms with E-state index in [-0.39, 0.29) is 0 Å². The van der Waals surface area contributed by atoms with Crippen molar-refractivity contribution in [2.24, 2.45) is 10.9 Å². The molecule has 0 unspecified atom stereocenters. The third-order valence-corrected chi connectivity index (χ3v) is 21.3. The molecule has 0 aliphatic rings. The Morgan fingerprint density at radius 3 is 1.45 bits per heavy atom. The molecule has 0 N–H and O–H groups in total. The van der Waals surface area contributed by atoms with Crippen LogP contribution in [0.25, 0.3) is 0 Å². The van der Waals surface area contributed by atoms with Gasteiger partial charge in [-0.2, -0.15) is 0 Å². The van der Waals surface area contributed by atoms with Gasteiger partial charge in [0, 0.05) is 0 Å². The van der Waals surface area contributed by atoms with Gasteiger partial charge in [0.15, 0.2) is 0 Å². The Balaban J connectivity index is 5.40. The second-order valence-corrected chi connectivity index (χ2v) is 20.4. The molecule has 0 saturated heterocycles. The molecule has 0 aliphatic heterocycles. The molecule has 0 atom stereocenters. The van der Waals surface area contributed by atoms with E-state index >= 15 is 0 Å². The summed E-state index contributed by atoms with van der Waals surface area (Å²) in [5.41, 5.74) is 0. The fraction of sp³-hybridized carbons (Fsp3) is 0.950. The first-order valence-electron chi connectivity index (χ1n) is 10.1. The summed E-state index contributed by atoms with van der Waals surface area (Å²) >= 11 is -2.24. The van der Waals surface area contributed by atoms with E-state index in [0.29, 0.717) is 5.92 Å². The van der Waals surface area contributed by atoms with E-state index in [4.69, 9.17) is 4.99 Å². The Hall–Kier alpha value is 0.469. The second kappa shape index (κ2) is 13.9. The first kappa shape index (κ1) is 22.5. The summed E-state index contributed by atoms with van der Waals surface area (Å²) in [5.74, 6) is 0.693. The zero-order chi connectivity index (χ0) is 16.8. The SMILES string of the molecule is CCCCN=[C](C(C)C)[Sn]([CH2]CCC)([CH2]CCC)[CH2]CCC. The van der Waals surface area contributed by atoms with E-state index in [1.165, 1.54) is 51.4 Å². The fourth-order valence-electron chi connectivity index (χ4n) is 3.62. The first-order chi connectivity index (χ1) is 10.6. The van der Waals surface area contributed by atoms with Crippen molar-refractivity contribution in [3.05, 3.63) is 0 Å². The average molecular weight is 416 g/mol. The van der Waals surface area contributed by atoms with Gasteiger partial charge in [0.2, 0.25) is 0 Å². The van der Waals surface area contributed by atoms with Crippen LogP contribution in [0.15, 0.2) is 4.99 Å². The van der Waals surface area contributed by atoms with Crippen LogP contribution in [0.2, 0.25) is 13.3 Å². The van der Waals surface area contributed by atoms with E-state index in [2.05, 4.69) is 41.5 Å². The molecule has 22 heavy (non-hydrogen) atoms. The molecule has 0 rings (SSSR count). The topological polar surface area (TPSA) is 12.4 Å². The van der Waals surface area contributed by atoms with Crippen LogP contribution in [0.3, 0.4) is 0 Å². The van der Waals surface area contributed by atoms with Crippen LogP contribution in [0.5, 0.6) is 0 Å². The van der Waals surface area contributed by atoms with Crippen molar-refractivity contribution in [1.29, 1.82) is 0 Å². The van der Waals surface area contributed by atoms with Crippen LogP contribution >= 0.6 is 0 Å². The van der Waals surface area contributed by atoms with Crippen molar-refractivity contribution in [1.82, 2.24) is 0 Å². The number of rotatable bonds is 14. The van der Waals surface area contributed by atoms with Gasteiger partial charge in [-0.3, -0.25) is 0 Å². The normalized spacial score (nSPS) is 13.1. The van der Waals surface area contributed by atoms with E-state index in [1.54, 1.807) is 17.0 Å². The molecule has 2 heteroatoms. The minimum atomic E-state index is -2.24. The monoisotopic (exact) mass is 417 g/mol. The van der Waals surface area contributed by atoms with Crippen LogP contribution in [-0.4, -0.2) is 28.6 Å². The molecule has 0 saturated carbocycles. The third kappa shape index (κ3) is 8.36. The van der Waals surface area contributed by atoms with Gasteiger partial charge in [0.1, 0.15) is 0 Å². The number of hydrogen-bond donors (Lipinski definition) is 0. The molecule has 0 amide bonds. The molecule has 0 heterocycles. The quantitative estimate of drug-likeness (QED) is 0.160. The van der Waals surface area contributed by atoms with Gasteiger partial charge < -0.3 is 0 Å². The van der Waals surface area contributed by atoms with Crippen molar-refractivity contribution in [3.63, 3.8) is 0 Å². The van der Waals surface area contributed by atoms with E-state index in [1.807, 2.05) is 0 Å². The molecule has 0 bridgehead atoms. The zero-order valence-electron chi connectivity index (χ0n) is 16.5. The van der Waals surface area contributed by atoms with Gasteiger partial charge >= 0.3 is 146 Å². The number of aliphatic imine (C=N–C) groups is 1. The summed E-state index contributed by atoms with van der Waals surface area (Å²) < 4.78 is 6.45. The van der Waals surface area contributed by atoms with Crippen LogP contribution in [0, 0.1) is 5.92 Å². The predicted octanol–water partition coefficient (Wildman–Crippen LogP) is 7.27. The molecule has 0 aromatic carbocycles. The van der Waals surface area contributed by atoms with Gasteiger partial charge in [-0.25, -0.2) is 0 Å². The minimum absolute atomic E-state index is 0.693. The standard InChI is InChI=1S/C8H16N.3C4H9.Sn/c1-4-5-6-9-7-8(2)3;3*1-3-4-2;/h8H,4-6H2,1-3H3;3*1,3-4H2,2H3;. The first-order valence-corrected chi connectivity index (χ1v) is 17.6. The van der Waals surface area contributed by atoms with Crippen LogP contribution in [-0.2, 0) is 0 Å². The summed E-state index contributed by atoms with van der Waals surface area (Å²) in [5, 5.41) is 0. The van der Waals surface area contributed by atoms with Crippen LogP contribution in [0.1, 0.15) is 92.9 Å².